The molecule has 4 aromatic rings. The van der Waals surface area contributed by atoms with Crippen molar-refractivity contribution in [1.29, 1.82) is 0 Å². The summed E-state index contributed by atoms with van der Waals surface area (Å²) < 4.78 is 0. The van der Waals surface area contributed by atoms with Gasteiger partial charge in [0.05, 0.1) is 5.52 Å². The van der Waals surface area contributed by atoms with E-state index in [1.807, 2.05) is 55.5 Å². The van der Waals surface area contributed by atoms with Crippen LogP contribution in [0.2, 0.25) is 0 Å². The van der Waals surface area contributed by atoms with Crippen LogP contribution in [0.3, 0.4) is 0 Å². The first-order chi connectivity index (χ1) is 20.0. The lowest BCUT2D eigenvalue weighted by Gasteiger charge is -2.29. The number of carbonyl (C=O) groups is 2. The van der Waals surface area contributed by atoms with Crippen molar-refractivity contribution in [3.05, 3.63) is 60.3 Å². The third-order valence-corrected chi connectivity index (χ3v) is 7.97. The fourth-order valence-electron chi connectivity index (χ4n) is 5.69. The zero-order chi connectivity index (χ0) is 28.6. The minimum atomic E-state index is -0.00915. The third-order valence-electron chi connectivity index (χ3n) is 7.97. The topological polar surface area (TPSA) is 115 Å². The average Bonchev–Trinajstić information content (AvgIpc) is 3.39. The highest BCUT2D eigenvalue weighted by atomic mass is 16.2. The molecule has 0 aliphatic heterocycles. The summed E-state index contributed by atoms with van der Waals surface area (Å²) >= 11 is 0. The molecule has 0 radical (unpaired) electrons. The van der Waals surface area contributed by atoms with Crippen molar-refractivity contribution < 1.29 is 9.59 Å². The average molecular weight is 556 g/mol. The van der Waals surface area contributed by atoms with Crippen LogP contribution >= 0.6 is 0 Å². The molecule has 0 spiro atoms. The van der Waals surface area contributed by atoms with E-state index in [0.29, 0.717) is 43.8 Å². The Morgan fingerprint density at radius 2 is 1.63 bits per heavy atom. The number of aryl methyl sites for hydroxylation is 1. The lowest BCUT2D eigenvalue weighted by molar-refractivity contribution is -0.122. The van der Waals surface area contributed by atoms with Gasteiger partial charge in [-0.1, -0.05) is 30.3 Å². The van der Waals surface area contributed by atoms with Gasteiger partial charge in [0.25, 0.3) is 0 Å². The van der Waals surface area contributed by atoms with E-state index in [9.17, 15) is 9.59 Å². The Morgan fingerprint density at radius 3 is 2.44 bits per heavy atom. The summed E-state index contributed by atoms with van der Waals surface area (Å²) in [6.45, 7) is 1.05. The monoisotopic (exact) mass is 555 g/mol. The minimum absolute atomic E-state index is 0.00319. The summed E-state index contributed by atoms with van der Waals surface area (Å²) in [5, 5.41) is 11.8. The lowest BCUT2D eigenvalue weighted by atomic mass is 9.86. The molecule has 1 aliphatic carbocycles. The molecule has 1 fully saturated rings. The summed E-state index contributed by atoms with van der Waals surface area (Å²) in [5.41, 5.74) is 3.29. The molecule has 1 aliphatic rings. The number of para-hydroxylation sites is 2. The van der Waals surface area contributed by atoms with Gasteiger partial charge in [-0.15, -0.1) is 0 Å². The molecule has 2 amide bonds. The van der Waals surface area contributed by atoms with Crippen molar-refractivity contribution in [3.8, 4) is 0 Å². The number of hydrogen-bond donors (Lipinski definition) is 4. The maximum absolute atomic E-state index is 12.4. The first-order valence-electron chi connectivity index (χ1n) is 14.8. The van der Waals surface area contributed by atoms with Crippen molar-refractivity contribution >= 4 is 45.4 Å². The first kappa shape index (κ1) is 28.4. The SMILES string of the molecule is CN(C)c1nc(N[C@H]2CC[C@@H](CNC(=O)CCNC(=O)CCCc3c[nH]c4ccccc34)CC2)nc2ccccc12. The van der Waals surface area contributed by atoms with Gasteiger partial charge in [-0.05, 0) is 68.2 Å². The van der Waals surface area contributed by atoms with E-state index in [4.69, 9.17) is 9.97 Å². The van der Waals surface area contributed by atoms with Crippen LogP contribution in [0.5, 0.6) is 0 Å². The maximum Gasteiger partial charge on any atom is 0.225 e. The molecule has 0 atom stereocenters. The Hall–Kier alpha value is -4.14. The van der Waals surface area contributed by atoms with Crippen LogP contribution in [0.4, 0.5) is 11.8 Å². The van der Waals surface area contributed by atoms with Crippen LogP contribution in [0.15, 0.2) is 54.7 Å². The molecule has 5 rings (SSSR count). The smallest absolute Gasteiger partial charge is 0.225 e. The van der Waals surface area contributed by atoms with Gasteiger partial charge in [0.15, 0.2) is 0 Å². The zero-order valence-electron chi connectivity index (χ0n) is 24.1. The van der Waals surface area contributed by atoms with Crippen LogP contribution in [0.1, 0.15) is 50.5 Å². The molecule has 41 heavy (non-hydrogen) atoms. The van der Waals surface area contributed by atoms with Crippen molar-refractivity contribution in [3.63, 3.8) is 0 Å². The Bertz CT molecular complexity index is 1470. The van der Waals surface area contributed by atoms with Crippen molar-refractivity contribution in [2.45, 2.75) is 57.4 Å². The second-order valence-electron chi connectivity index (χ2n) is 11.3. The van der Waals surface area contributed by atoms with E-state index >= 15 is 0 Å². The van der Waals surface area contributed by atoms with Crippen molar-refractivity contribution in [2.75, 3.05) is 37.4 Å². The van der Waals surface area contributed by atoms with E-state index in [2.05, 4.69) is 39.1 Å². The van der Waals surface area contributed by atoms with Gasteiger partial charge in [0, 0.05) is 68.6 Å². The van der Waals surface area contributed by atoms with E-state index in [1.54, 1.807) is 0 Å². The van der Waals surface area contributed by atoms with Crippen LogP contribution in [-0.4, -0.2) is 60.0 Å². The predicted octanol–water partition coefficient (Wildman–Crippen LogP) is 4.79. The number of rotatable bonds is 12. The molecule has 2 aromatic carbocycles. The summed E-state index contributed by atoms with van der Waals surface area (Å²) in [7, 11) is 4.00. The number of H-pyrrole nitrogens is 1. The number of benzene rings is 2. The Morgan fingerprint density at radius 1 is 0.902 bits per heavy atom. The number of carbonyl (C=O) groups excluding carboxylic acids is 2. The standard InChI is InChI=1S/C32H41N7O2/c1-39(2)31-26-10-4-6-12-28(26)37-32(38-31)36-24-16-14-22(15-17-24)20-35-30(41)18-19-33-29(40)13-7-8-23-21-34-27-11-5-3-9-25(23)27/h3-6,9-12,21-22,24,34H,7-8,13-20H2,1-2H3,(H,33,40)(H,35,41)(H,36,37,38)/t22-,24+. The number of anilines is 2. The van der Waals surface area contributed by atoms with Gasteiger partial charge in [-0.3, -0.25) is 9.59 Å². The molecule has 216 valence electrons. The highest BCUT2D eigenvalue weighted by Gasteiger charge is 2.23. The van der Waals surface area contributed by atoms with E-state index in [0.717, 1.165) is 60.8 Å². The second kappa shape index (κ2) is 13.5. The van der Waals surface area contributed by atoms with Gasteiger partial charge in [-0.2, -0.15) is 4.98 Å². The number of nitrogens with zero attached hydrogens (tertiary/aromatic N) is 3. The van der Waals surface area contributed by atoms with Gasteiger partial charge >= 0.3 is 0 Å². The highest BCUT2D eigenvalue weighted by molar-refractivity contribution is 5.90. The molecule has 0 saturated heterocycles. The molecule has 1 saturated carbocycles. The summed E-state index contributed by atoms with van der Waals surface area (Å²) in [6.07, 6.45) is 8.53. The molecule has 0 bridgehead atoms. The molecule has 9 nitrogen and oxygen atoms in total. The number of nitrogens with one attached hydrogen (secondary N) is 4. The lowest BCUT2D eigenvalue weighted by Crippen LogP contribution is -2.35. The van der Waals surface area contributed by atoms with Crippen LogP contribution < -0.4 is 20.9 Å². The number of aromatic amines is 1. The third kappa shape index (κ3) is 7.54. The number of hydrogen-bond acceptors (Lipinski definition) is 6. The Kier molecular flexibility index (Phi) is 9.33. The Balaban J connectivity index is 0.961. The normalized spacial score (nSPS) is 16.9. The minimum Gasteiger partial charge on any atom is -0.362 e. The quantitative estimate of drug-likeness (QED) is 0.200. The summed E-state index contributed by atoms with van der Waals surface area (Å²) in [4.78, 5) is 39.4. The van der Waals surface area contributed by atoms with Crippen molar-refractivity contribution in [1.82, 2.24) is 25.6 Å². The number of fused-ring (bicyclic) bond motifs is 2. The number of aromatic nitrogens is 3. The van der Waals surface area contributed by atoms with E-state index in [1.165, 1.54) is 10.9 Å². The zero-order valence-corrected chi connectivity index (χ0v) is 24.1. The van der Waals surface area contributed by atoms with Gasteiger partial charge in [-0.25, -0.2) is 4.98 Å². The maximum atomic E-state index is 12.4. The van der Waals surface area contributed by atoms with Crippen molar-refractivity contribution in [2.24, 2.45) is 5.92 Å². The molecular formula is C32H41N7O2. The van der Waals surface area contributed by atoms with Gasteiger partial charge in [0.1, 0.15) is 5.82 Å². The van der Waals surface area contributed by atoms with Gasteiger partial charge < -0.3 is 25.8 Å². The largest absolute Gasteiger partial charge is 0.362 e. The molecule has 4 N–H and O–H groups in total. The molecule has 0 unspecified atom stereocenters. The Labute approximate surface area is 241 Å². The van der Waals surface area contributed by atoms with Crippen LogP contribution in [0, 0.1) is 5.92 Å². The molecule has 2 heterocycles. The fourth-order valence-corrected chi connectivity index (χ4v) is 5.69. The number of amides is 2. The predicted molar refractivity (Wildman–Crippen MR) is 165 cm³/mol. The summed E-state index contributed by atoms with van der Waals surface area (Å²) in [5.74, 6) is 2.04. The first-order valence-corrected chi connectivity index (χ1v) is 14.8. The highest BCUT2D eigenvalue weighted by Crippen LogP contribution is 2.28. The second-order valence-corrected chi connectivity index (χ2v) is 11.3. The molecule has 9 heteroatoms. The molecule has 2 aromatic heterocycles. The molecular weight excluding hydrogens is 514 g/mol. The van der Waals surface area contributed by atoms with Gasteiger partial charge in [0.2, 0.25) is 17.8 Å². The van der Waals surface area contributed by atoms with Crippen LogP contribution in [-0.2, 0) is 16.0 Å². The van der Waals surface area contributed by atoms with Crippen LogP contribution in [0.25, 0.3) is 21.8 Å². The van der Waals surface area contributed by atoms with E-state index in [-0.39, 0.29) is 11.8 Å². The fraction of sp³-hybridized carbons (Fsp3) is 0.438. The summed E-state index contributed by atoms with van der Waals surface area (Å²) in [6, 6.07) is 16.6. The van der Waals surface area contributed by atoms with E-state index < -0.39 is 0 Å².